The molecular weight excluding hydrogens is 552 g/mol. The van der Waals surface area contributed by atoms with Gasteiger partial charge in [-0.3, -0.25) is 19.5 Å². The highest BCUT2D eigenvalue weighted by Gasteiger charge is 2.47. The molecule has 13 heteroatoms. The molecule has 0 radical (unpaired) electrons. The summed E-state index contributed by atoms with van der Waals surface area (Å²) in [5.74, 6) is -3.56. The van der Waals surface area contributed by atoms with E-state index in [1.165, 1.54) is 56.9 Å². The van der Waals surface area contributed by atoms with Crippen LogP contribution in [0, 0.1) is 0 Å². The average molecular weight is 569 g/mol. The molecule has 1 unspecified atom stereocenters. The number of hydrogen-bond acceptors (Lipinski definition) is 7. The number of aliphatic hydroxyl groups excluding tert-OH is 1. The quantitative estimate of drug-likeness (QED) is 0.223. The van der Waals surface area contributed by atoms with Crippen molar-refractivity contribution in [2.24, 2.45) is 0 Å². The predicted molar refractivity (Wildman–Crippen MR) is 132 cm³/mol. The second-order valence-electron chi connectivity index (χ2n) is 7.78. The van der Waals surface area contributed by atoms with E-state index in [0.29, 0.717) is 5.56 Å². The fraction of sp³-hybridized carbons (Fsp3) is 0.160. The standard InChI is InChI=1S/C25H17Cl2F3N2O6/c1-36-22-15(11-16(26)23(37-2)18(22)27)20(33)17-19(12-6-8-31-9-7-12)32(24(35)21(17)34)13-4-3-5-14(10-13)38-25(28,29)30/h3-11,19,33H,1-2H3/b20-17+. The van der Waals surface area contributed by atoms with Crippen LogP contribution in [0.25, 0.3) is 5.76 Å². The summed E-state index contributed by atoms with van der Waals surface area (Å²) in [7, 11) is 2.58. The van der Waals surface area contributed by atoms with Gasteiger partial charge in [0.15, 0.2) is 11.5 Å². The Morgan fingerprint density at radius 3 is 2.29 bits per heavy atom. The van der Waals surface area contributed by atoms with Gasteiger partial charge in [0.1, 0.15) is 16.5 Å². The summed E-state index contributed by atoms with van der Waals surface area (Å²) in [4.78, 5) is 31.5. The molecule has 1 aliphatic rings. The third kappa shape index (κ3) is 4.94. The predicted octanol–water partition coefficient (Wildman–Crippen LogP) is 5.93. The van der Waals surface area contributed by atoms with E-state index in [2.05, 4.69) is 9.72 Å². The number of ketones is 1. The summed E-state index contributed by atoms with van der Waals surface area (Å²) in [6.07, 6.45) is -2.21. The summed E-state index contributed by atoms with van der Waals surface area (Å²) in [5, 5.41) is 11.3. The minimum Gasteiger partial charge on any atom is -0.507 e. The number of carbonyl (C=O) groups excluding carboxylic acids is 2. The van der Waals surface area contributed by atoms with Crippen LogP contribution < -0.4 is 19.1 Å². The number of amides is 1. The molecule has 1 saturated heterocycles. The number of aromatic nitrogens is 1. The topological polar surface area (TPSA) is 98.2 Å². The Labute approximate surface area is 223 Å². The Morgan fingerprint density at radius 2 is 1.68 bits per heavy atom. The molecule has 1 atom stereocenters. The van der Waals surface area contributed by atoms with Crippen LogP contribution in [0.3, 0.4) is 0 Å². The molecule has 1 fully saturated rings. The minimum absolute atomic E-state index is 0.0217. The van der Waals surface area contributed by atoms with E-state index in [-0.39, 0.29) is 38.4 Å². The minimum atomic E-state index is -4.99. The molecule has 198 valence electrons. The van der Waals surface area contributed by atoms with Crippen LogP contribution >= 0.6 is 23.2 Å². The fourth-order valence-electron chi connectivity index (χ4n) is 4.08. The van der Waals surface area contributed by atoms with Gasteiger partial charge in [-0.25, -0.2) is 0 Å². The zero-order chi connectivity index (χ0) is 27.8. The van der Waals surface area contributed by atoms with Gasteiger partial charge in [-0.15, -0.1) is 13.2 Å². The lowest BCUT2D eigenvalue weighted by Crippen LogP contribution is -2.29. The van der Waals surface area contributed by atoms with Crippen molar-refractivity contribution in [3.63, 3.8) is 0 Å². The number of Topliss-reactive ketones (excluding diaryl/α,β-unsaturated/α-hetero) is 1. The first-order chi connectivity index (χ1) is 18.0. The third-order valence-electron chi connectivity index (χ3n) is 5.59. The maximum atomic E-state index is 13.3. The van der Waals surface area contributed by atoms with Crippen molar-refractivity contribution in [2.75, 3.05) is 19.1 Å². The first kappa shape index (κ1) is 27.1. The van der Waals surface area contributed by atoms with E-state index in [0.717, 1.165) is 17.0 Å². The number of rotatable bonds is 6. The van der Waals surface area contributed by atoms with Gasteiger partial charge >= 0.3 is 6.36 Å². The van der Waals surface area contributed by atoms with Crippen LogP contribution in [0.4, 0.5) is 18.9 Å². The number of carbonyl (C=O) groups is 2. The lowest BCUT2D eigenvalue weighted by Gasteiger charge is -2.26. The normalized spacial score (nSPS) is 17.0. The van der Waals surface area contributed by atoms with E-state index >= 15 is 0 Å². The summed E-state index contributed by atoms with van der Waals surface area (Å²) in [6.45, 7) is 0. The molecule has 3 aromatic rings. The van der Waals surface area contributed by atoms with Gasteiger partial charge in [0, 0.05) is 24.1 Å². The maximum Gasteiger partial charge on any atom is 0.573 e. The monoisotopic (exact) mass is 568 g/mol. The van der Waals surface area contributed by atoms with Crippen molar-refractivity contribution in [2.45, 2.75) is 12.4 Å². The Kier molecular flexibility index (Phi) is 7.43. The SMILES string of the molecule is COc1c(Cl)cc(/C(O)=C2\C(=O)C(=O)N(c3cccc(OC(F)(F)F)c3)C2c2ccncc2)c(OC)c1Cl. The number of alkyl halides is 3. The van der Waals surface area contributed by atoms with Gasteiger partial charge in [-0.2, -0.15) is 0 Å². The Morgan fingerprint density at radius 1 is 1.03 bits per heavy atom. The molecule has 1 aliphatic heterocycles. The zero-order valence-electron chi connectivity index (χ0n) is 19.5. The highest BCUT2D eigenvalue weighted by Crippen LogP contribution is 2.48. The largest absolute Gasteiger partial charge is 0.573 e. The molecule has 1 N–H and O–H groups in total. The van der Waals surface area contributed by atoms with E-state index in [9.17, 15) is 27.9 Å². The van der Waals surface area contributed by atoms with E-state index in [1.807, 2.05) is 0 Å². The van der Waals surface area contributed by atoms with Gasteiger partial charge in [0.25, 0.3) is 11.7 Å². The van der Waals surface area contributed by atoms with Crippen molar-refractivity contribution in [3.8, 4) is 17.2 Å². The molecule has 0 saturated carbocycles. The van der Waals surface area contributed by atoms with E-state index < -0.39 is 35.6 Å². The zero-order valence-corrected chi connectivity index (χ0v) is 21.1. The lowest BCUT2D eigenvalue weighted by molar-refractivity contribution is -0.274. The number of methoxy groups -OCH3 is 2. The van der Waals surface area contributed by atoms with E-state index in [1.54, 1.807) is 0 Å². The van der Waals surface area contributed by atoms with Crippen molar-refractivity contribution < 1.29 is 42.1 Å². The molecule has 0 aliphatic carbocycles. The van der Waals surface area contributed by atoms with Crippen molar-refractivity contribution in [3.05, 3.63) is 81.6 Å². The smallest absolute Gasteiger partial charge is 0.507 e. The number of aliphatic hydroxyl groups is 1. The molecular formula is C25H17Cl2F3N2O6. The number of benzene rings is 2. The van der Waals surface area contributed by atoms with Crippen molar-refractivity contribution >= 4 is 46.3 Å². The number of ether oxygens (including phenoxy) is 3. The van der Waals surface area contributed by atoms with Crippen LogP contribution in [0.15, 0.2) is 60.4 Å². The van der Waals surface area contributed by atoms with Crippen molar-refractivity contribution in [1.29, 1.82) is 0 Å². The Bertz CT molecular complexity index is 1450. The van der Waals surface area contributed by atoms with Gasteiger partial charge < -0.3 is 19.3 Å². The van der Waals surface area contributed by atoms with Gasteiger partial charge in [-0.1, -0.05) is 29.3 Å². The first-order valence-corrected chi connectivity index (χ1v) is 11.4. The van der Waals surface area contributed by atoms with Crippen LogP contribution in [0.2, 0.25) is 10.0 Å². The second-order valence-corrected chi connectivity index (χ2v) is 8.57. The molecule has 0 bridgehead atoms. The molecule has 2 heterocycles. The third-order valence-corrected chi connectivity index (χ3v) is 6.21. The van der Waals surface area contributed by atoms with Crippen molar-refractivity contribution in [1.82, 2.24) is 4.98 Å². The molecule has 0 spiro atoms. The summed E-state index contributed by atoms with van der Waals surface area (Å²) in [6, 6.07) is 7.49. The van der Waals surface area contributed by atoms with Crippen LogP contribution in [0.5, 0.6) is 17.2 Å². The summed E-state index contributed by atoms with van der Waals surface area (Å²) >= 11 is 12.6. The number of halogens is 5. The Balaban J connectivity index is 1.96. The molecule has 8 nitrogen and oxygen atoms in total. The van der Waals surface area contributed by atoms with Gasteiger partial charge in [0.05, 0.1) is 36.4 Å². The number of pyridine rings is 1. The molecule has 4 rings (SSSR count). The molecule has 1 amide bonds. The molecule has 2 aromatic carbocycles. The number of nitrogens with zero attached hydrogens (tertiary/aromatic N) is 2. The second kappa shape index (κ2) is 10.4. The first-order valence-electron chi connectivity index (χ1n) is 10.7. The van der Waals surface area contributed by atoms with Gasteiger partial charge in [-0.05, 0) is 35.9 Å². The van der Waals surface area contributed by atoms with Crippen LogP contribution in [-0.4, -0.2) is 42.4 Å². The van der Waals surface area contributed by atoms with Gasteiger partial charge in [0.2, 0.25) is 0 Å². The highest BCUT2D eigenvalue weighted by atomic mass is 35.5. The lowest BCUT2D eigenvalue weighted by atomic mass is 9.95. The average Bonchev–Trinajstić information content (AvgIpc) is 3.13. The molecule has 38 heavy (non-hydrogen) atoms. The summed E-state index contributed by atoms with van der Waals surface area (Å²) in [5.41, 5.74) is -0.270. The number of anilines is 1. The van der Waals surface area contributed by atoms with E-state index in [4.69, 9.17) is 32.7 Å². The van der Waals surface area contributed by atoms with Crippen LogP contribution in [0.1, 0.15) is 17.2 Å². The van der Waals surface area contributed by atoms with Crippen LogP contribution in [-0.2, 0) is 9.59 Å². The number of hydrogen-bond donors (Lipinski definition) is 1. The fourth-order valence-corrected chi connectivity index (χ4v) is 4.77. The molecule has 1 aromatic heterocycles. The maximum absolute atomic E-state index is 13.3. The Hall–Kier alpha value is -3.96. The summed E-state index contributed by atoms with van der Waals surface area (Å²) < 4.78 is 52.9. The highest BCUT2D eigenvalue weighted by molar-refractivity contribution is 6.52.